The fourth-order valence-electron chi connectivity index (χ4n) is 2.13. The third-order valence-corrected chi connectivity index (χ3v) is 4.55. The first kappa shape index (κ1) is 12.3. The van der Waals surface area contributed by atoms with Crippen molar-refractivity contribution in [2.24, 2.45) is 5.73 Å². The summed E-state index contributed by atoms with van der Waals surface area (Å²) in [5, 5.41) is 7.31. The number of rotatable bonds is 2. The number of aromatic amines is 1. The molecule has 1 aliphatic rings. The van der Waals surface area contributed by atoms with E-state index < -0.39 is 0 Å². The van der Waals surface area contributed by atoms with Gasteiger partial charge >= 0.3 is 0 Å². The molecule has 0 amide bonds. The number of nitrogens with zero attached hydrogens (tertiary/aromatic N) is 2. The number of halogens is 2. The minimum absolute atomic E-state index is 0.240. The largest absolute Gasteiger partial charge is 0.354 e. The van der Waals surface area contributed by atoms with Crippen LogP contribution < -0.4 is 10.6 Å². The van der Waals surface area contributed by atoms with Gasteiger partial charge in [0.2, 0.25) is 0 Å². The second kappa shape index (κ2) is 4.74. The summed E-state index contributed by atoms with van der Waals surface area (Å²) in [4.78, 5) is 2.17. The molecule has 1 unspecified atom stereocenters. The zero-order chi connectivity index (χ0) is 12.7. The highest BCUT2D eigenvalue weighted by Gasteiger charge is 2.22. The minimum Gasteiger partial charge on any atom is -0.354 e. The average molecular weight is 303 g/mol. The van der Waals surface area contributed by atoms with Crippen molar-refractivity contribution in [3.63, 3.8) is 0 Å². The molecule has 7 heteroatoms. The Morgan fingerprint density at radius 2 is 2.28 bits per heavy atom. The smallest absolute Gasteiger partial charge is 0.151 e. The third-order valence-electron chi connectivity index (χ3n) is 3.06. The van der Waals surface area contributed by atoms with E-state index in [0.29, 0.717) is 8.67 Å². The Bertz CT molecular complexity index is 565. The molecule has 0 bridgehead atoms. The van der Waals surface area contributed by atoms with E-state index >= 15 is 0 Å². The molecular weight excluding hydrogens is 291 g/mol. The van der Waals surface area contributed by atoms with Gasteiger partial charge in [-0.15, -0.1) is 11.3 Å². The molecule has 1 saturated heterocycles. The summed E-state index contributed by atoms with van der Waals surface area (Å²) >= 11 is 13.4. The van der Waals surface area contributed by atoms with Crippen LogP contribution in [0.3, 0.4) is 0 Å². The molecule has 0 radical (unpaired) electrons. The lowest BCUT2D eigenvalue weighted by molar-refractivity contribution is 0.751. The predicted molar refractivity (Wildman–Crippen MR) is 76.7 cm³/mol. The van der Waals surface area contributed by atoms with Crippen LogP contribution in [0.25, 0.3) is 11.3 Å². The van der Waals surface area contributed by atoms with Gasteiger partial charge in [-0.2, -0.15) is 5.10 Å². The molecule has 2 aromatic heterocycles. The summed E-state index contributed by atoms with van der Waals surface area (Å²) in [6.07, 6.45) is 1.01. The van der Waals surface area contributed by atoms with E-state index in [1.54, 1.807) is 0 Å². The monoisotopic (exact) mass is 302 g/mol. The van der Waals surface area contributed by atoms with Gasteiger partial charge in [0.25, 0.3) is 0 Å². The van der Waals surface area contributed by atoms with Crippen molar-refractivity contribution in [1.82, 2.24) is 10.2 Å². The van der Waals surface area contributed by atoms with E-state index in [-0.39, 0.29) is 6.04 Å². The van der Waals surface area contributed by atoms with Crippen LogP contribution in [-0.4, -0.2) is 29.3 Å². The number of aromatic nitrogens is 2. The standard InChI is InChI=1S/C11H12Cl2N4S/c12-9-3-7(11(13)18-9)8-4-10(16-15-8)17-2-1-6(14)5-17/h3-4,6H,1-2,5,14H2,(H,15,16). The van der Waals surface area contributed by atoms with Gasteiger partial charge in [-0.25, -0.2) is 0 Å². The number of nitrogens with one attached hydrogen (secondary N) is 1. The molecule has 18 heavy (non-hydrogen) atoms. The van der Waals surface area contributed by atoms with Crippen LogP contribution in [0.1, 0.15) is 6.42 Å². The van der Waals surface area contributed by atoms with Crippen LogP contribution in [0.4, 0.5) is 5.82 Å². The molecule has 0 saturated carbocycles. The maximum atomic E-state index is 6.12. The fraction of sp³-hybridized carbons (Fsp3) is 0.364. The zero-order valence-corrected chi connectivity index (χ0v) is 11.8. The van der Waals surface area contributed by atoms with Crippen LogP contribution in [0, 0.1) is 0 Å². The van der Waals surface area contributed by atoms with Crippen LogP contribution >= 0.6 is 34.5 Å². The van der Waals surface area contributed by atoms with Crippen molar-refractivity contribution < 1.29 is 0 Å². The van der Waals surface area contributed by atoms with Crippen LogP contribution in [0.2, 0.25) is 8.67 Å². The van der Waals surface area contributed by atoms with Crippen molar-refractivity contribution >= 4 is 40.4 Å². The molecular formula is C11H12Cl2N4S. The molecule has 4 nitrogen and oxygen atoms in total. The molecule has 3 heterocycles. The van der Waals surface area contributed by atoms with Crippen molar-refractivity contribution in [3.8, 4) is 11.3 Å². The summed E-state index contributed by atoms with van der Waals surface area (Å²) in [5.74, 6) is 0.913. The Hall–Kier alpha value is -0.750. The number of thiophene rings is 1. The maximum absolute atomic E-state index is 6.12. The first-order chi connectivity index (χ1) is 8.63. The van der Waals surface area contributed by atoms with E-state index in [1.807, 2.05) is 12.1 Å². The van der Waals surface area contributed by atoms with Gasteiger partial charge < -0.3 is 10.6 Å². The summed E-state index contributed by atoms with van der Waals surface area (Å²) < 4.78 is 1.35. The van der Waals surface area contributed by atoms with Crippen LogP contribution in [0.15, 0.2) is 12.1 Å². The van der Waals surface area contributed by atoms with E-state index in [2.05, 4.69) is 15.1 Å². The van der Waals surface area contributed by atoms with Crippen molar-refractivity contribution in [2.45, 2.75) is 12.5 Å². The van der Waals surface area contributed by atoms with Crippen molar-refractivity contribution in [3.05, 3.63) is 20.8 Å². The number of hydrogen-bond acceptors (Lipinski definition) is 4. The van der Waals surface area contributed by atoms with E-state index in [1.165, 1.54) is 11.3 Å². The van der Waals surface area contributed by atoms with Gasteiger partial charge in [-0.05, 0) is 12.5 Å². The average Bonchev–Trinajstić information content (AvgIpc) is 2.98. The summed E-state index contributed by atoms with van der Waals surface area (Å²) in [6.45, 7) is 1.80. The molecule has 1 aliphatic heterocycles. The minimum atomic E-state index is 0.240. The van der Waals surface area contributed by atoms with Crippen molar-refractivity contribution in [1.29, 1.82) is 0 Å². The highest BCUT2D eigenvalue weighted by molar-refractivity contribution is 7.20. The quantitative estimate of drug-likeness (QED) is 0.896. The summed E-state index contributed by atoms with van der Waals surface area (Å²) in [7, 11) is 0. The third kappa shape index (κ3) is 2.23. The molecule has 0 aliphatic carbocycles. The molecule has 1 fully saturated rings. The number of hydrogen-bond donors (Lipinski definition) is 2. The van der Waals surface area contributed by atoms with Crippen LogP contribution in [0.5, 0.6) is 0 Å². The Kier molecular flexibility index (Phi) is 3.23. The highest BCUT2D eigenvalue weighted by Crippen LogP contribution is 2.38. The SMILES string of the molecule is NC1CCN(c2cc(-c3cc(Cl)sc3Cl)[nH]n2)C1. The van der Waals surface area contributed by atoms with Gasteiger partial charge in [0.1, 0.15) is 4.34 Å². The summed E-state index contributed by atoms with van der Waals surface area (Å²) in [6, 6.07) is 4.08. The molecule has 0 spiro atoms. The molecule has 1 atom stereocenters. The van der Waals surface area contributed by atoms with Gasteiger partial charge in [-0.1, -0.05) is 23.2 Å². The van der Waals surface area contributed by atoms with Gasteiger partial charge in [-0.3, -0.25) is 5.10 Å². The maximum Gasteiger partial charge on any atom is 0.151 e. The van der Waals surface area contributed by atoms with Gasteiger partial charge in [0, 0.05) is 30.8 Å². The highest BCUT2D eigenvalue weighted by atomic mass is 35.5. The second-order valence-electron chi connectivity index (χ2n) is 4.37. The summed E-state index contributed by atoms with van der Waals surface area (Å²) in [5.41, 5.74) is 7.68. The molecule has 2 aromatic rings. The second-order valence-corrected chi connectivity index (χ2v) is 6.66. The topological polar surface area (TPSA) is 57.9 Å². The Morgan fingerprint density at radius 1 is 1.44 bits per heavy atom. The first-order valence-corrected chi connectivity index (χ1v) is 7.22. The first-order valence-electron chi connectivity index (χ1n) is 5.64. The lowest BCUT2D eigenvalue weighted by atomic mass is 10.2. The van der Waals surface area contributed by atoms with Crippen molar-refractivity contribution in [2.75, 3.05) is 18.0 Å². The van der Waals surface area contributed by atoms with Crippen LogP contribution in [-0.2, 0) is 0 Å². The Balaban J connectivity index is 1.87. The molecule has 96 valence electrons. The van der Waals surface area contributed by atoms with E-state index in [9.17, 15) is 0 Å². The van der Waals surface area contributed by atoms with Gasteiger partial charge in [0.05, 0.1) is 10.0 Å². The fourth-order valence-corrected chi connectivity index (χ4v) is 3.62. The lowest BCUT2D eigenvalue weighted by Gasteiger charge is -2.13. The molecule has 3 rings (SSSR count). The van der Waals surface area contributed by atoms with E-state index in [0.717, 1.165) is 36.6 Å². The Labute approximate surface area is 119 Å². The number of H-pyrrole nitrogens is 1. The normalized spacial score (nSPS) is 19.7. The predicted octanol–water partition coefficient (Wildman–Crippen LogP) is 2.98. The molecule has 3 N–H and O–H groups in total. The zero-order valence-electron chi connectivity index (χ0n) is 9.49. The number of nitrogens with two attached hydrogens (primary N) is 1. The van der Waals surface area contributed by atoms with Gasteiger partial charge in [0.15, 0.2) is 5.82 Å². The molecule has 0 aromatic carbocycles. The van der Waals surface area contributed by atoms with E-state index in [4.69, 9.17) is 28.9 Å². The number of anilines is 1. The Morgan fingerprint density at radius 3 is 2.89 bits per heavy atom. The lowest BCUT2D eigenvalue weighted by Crippen LogP contribution is -2.26.